The summed E-state index contributed by atoms with van der Waals surface area (Å²) in [7, 11) is 0. The first kappa shape index (κ1) is 18.1. The Morgan fingerprint density at radius 3 is 2.12 bits per heavy atom. The number of carboxylic acid groups (broad SMARTS) is 1. The molecule has 0 aromatic carbocycles. The molecule has 0 aromatic heterocycles. The maximum absolute atomic E-state index is 10.5. The standard InChI is InChI=1S/C13H26O2.ClH/c1-3-5-6-7-8-9-10-12(4-2)11-13(14)15;/h12H,3-11H2,1-2H3,(H,14,15);1H. The quantitative estimate of drug-likeness (QED) is 0.573. The van der Waals surface area contributed by atoms with Crippen molar-refractivity contribution in [1.29, 1.82) is 0 Å². The highest BCUT2D eigenvalue weighted by Crippen LogP contribution is 2.18. The molecule has 2 nitrogen and oxygen atoms in total. The number of rotatable bonds is 10. The highest BCUT2D eigenvalue weighted by Gasteiger charge is 2.10. The van der Waals surface area contributed by atoms with E-state index in [2.05, 4.69) is 13.8 Å². The third-order valence-corrected chi connectivity index (χ3v) is 3.01. The van der Waals surface area contributed by atoms with Gasteiger partial charge >= 0.3 is 5.97 Å². The van der Waals surface area contributed by atoms with Crippen molar-refractivity contribution in [2.45, 2.75) is 71.6 Å². The lowest BCUT2D eigenvalue weighted by atomic mass is 9.95. The summed E-state index contributed by atoms with van der Waals surface area (Å²) in [5, 5.41) is 8.69. The second-order valence-corrected chi connectivity index (χ2v) is 4.43. The molecule has 1 atom stereocenters. The Bertz CT molecular complexity index is 160. The molecule has 0 saturated heterocycles. The van der Waals surface area contributed by atoms with Crippen LogP contribution in [0.4, 0.5) is 0 Å². The third kappa shape index (κ3) is 11.8. The average molecular weight is 251 g/mol. The zero-order chi connectivity index (χ0) is 11.5. The number of carbonyl (C=O) groups is 1. The molecule has 0 rings (SSSR count). The van der Waals surface area contributed by atoms with E-state index in [4.69, 9.17) is 5.11 Å². The molecule has 1 unspecified atom stereocenters. The van der Waals surface area contributed by atoms with Gasteiger partial charge in [0.05, 0.1) is 0 Å². The van der Waals surface area contributed by atoms with Crippen molar-refractivity contribution in [3.05, 3.63) is 0 Å². The number of carboxylic acids is 1. The van der Waals surface area contributed by atoms with Crippen molar-refractivity contribution in [2.24, 2.45) is 5.92 Å². The van der Waals surface area contributed by atoms with E-state index in [9.17, 15) is 4.79 Å². The highest BCUT2D eigenvalue weighted by atomic mass is 35.5. The smallest absolute Gasteiger partial charge is 0.303 e. The van der Waals surface area contributed by atoms with Crippen molar-refractivity contribution in [3.63, 3.8) is 0 Å². The number of halogens is 1. The minimum atomic E-state index is -0.646. The van der Waals surface area contributed by atoms with E-state index in [0.29, 0.717) is 12.3 Å². The third-order valence-electron chi connectivity index (χ3n) is 3.01. The zero-order valence-electron chi connectivity index (χ0n) is 10.7. The summed E-state index contributed by atoms with van der Waals surface area (Å²) in [4.78, 5) is 10.5. The molecule has 0 fully saturated rings. The summed E-state index contributed by atoms with van der Waals surface area (Å²) < 4.78 is 0. The molecule has 0 aliphatic heterocycles. The first-order valence-electron chi connectivity index (χ1n) is 6.42. The molecule has 0 spiro atoms. The van der Waals surface area contributed by atoms with Crippen molar-refractivity contribution in [1.82, 2.24) is 0 Å². The number of hydrogen-bond donors (Lipinski definition) is 1. The first-order chi connectivity index (χ1) is 7.20. The van der Waals surface area contributed by atoms with E-state index in [1.807, 2.05) is 0 Å². The Labute approximate surface area is 106 Å². The Balaban J connectivity index is 0. The summed E-state index contributed by atoms with van der Waals surface area (Å²) in [6.07, 6.45) is 10.2. The van der Waals surface area contributed by atoms with Crippen LogP contribution in [-0.2, 0) is 4.79 Å². The van der Waals surface area contributed by atoms with Gasteiger partial charge in [0.2, 0.25) is 0 Å². The lowest BCUT2D eigenvalue weighted by Crippen LogP contribution is -2.06. The van der Waals surface area contributed by atoms with Gasteiger partial charge in [0, 0.05) is 6.42 Å². The predicted molar refractivity (Wildman–Crippen MR) is 71.3 cm³/mol. The van der Waals surface area contributed by atoms with E-state index < -0.39 is 5.97 Å². The van der Waals surface area contributed by atoms with Crippen LogP contribution in [0.5, 0.6) is 0 Å². The van der Waals surface area contributed by atoms with Gasteiger partial charge in [0.1, 0.15) is 0 Å². The monoisotopic (exact) mass is 250 g/mol. The summed E-state index contributed by atoms with van der Waals surface area (Å²) >= 11 is 0. The minimum Gasteiger partial charge on any atom is -0.481 e. The molecule has 0 aromatic rings. The fourth-order valence-corrected chi connectivity index (χ4v) is 1.91. The van der Waals surface area contributed by atoms with Gasteiger partial charge in [-0.15, -0.1) is 12.4 Å². The summed E-state index contributed by atoms with van der Waals surface area (Å²) in [5.74, 6) is -0.249. The van der Waals surface area contributed by atoms with Crippen LogP contribution in [0.2, 0.25) is 0 Å². The first-order valence-corrected chi connectivity index (χ1v) is 6.42. The maximum Gasteiger partial charge on any atom is 0.303 e. The topological polar surface area (TPSA) is 37.3 Å². The van der Waals surface area contributed by atoms with Gasteiger partial charge in [0.15, 0.2) is 0 Å². The van der Waals surface area contributed by atoms with Gasteiger partial charge in [-0.1, -0.05) is 58.8 Å². The normalized spacial score (nSPS) is 11.9. The Hall–Kier alpha value is -0.240. The Morgan fingerprint density at radius 1 is 1.06 bits per heavy atom. The Kier molecular flexibility index (Phi) is 14.5. The summed E-state index contributed by atoms with van der Waals surface area (Å²) in [6, 6.07) is 0. The van der Waals surface area contributed by atoms with Crippen LogP contribution in [-0.4, -0.2) is 11.1 Å². The van der Waals surface area contributed by atoms with E-state index in [1.165, 1.54) is 38.5 Å². The largest absolute Gasteiger partial charge is 0.481 e. The Morgan fingerprint density at radius 2 is 1.62 bits per heavy atom. The summed E-state index contributed by atoms with van der Waals surface area (Å²) in [5.41, 5.74) is 0. The molecule has 0 saturated carbocycles. The van der Waals surface area contributed by atoms with Crippen LogP contribution in [0.25, 0.3) is 0 Å². The molecule has 0 aliphatic rings. The van der Waals surface area contributed by atoms with Crippen molar-refractivity contribution < 1.29 is 9.90 Å². The maximum atomic E-state index is 10.5. The van der Waals surface area contributed by atoms with Gasteiger partial charge < -0.3 is 5.11 Å². The van der Waals surface area contributed by atoms with Crippen LogP contribution < -0.4 is 0 Å². The van der Waals surface area contributed by atoms with Gasteiger partial charge in [-0.2, -0.15) is 0 Å². The molecule has 0 amide bonds. The van der Waals surface area contributed by atoms with E-state index in [-0.39, 0.29) is 12.4 Å². The zero-order valence-corrected chi connectivity index (χ0v) is 11.5. The fraction of sp³-hybridized carbons (Fsp3) is 0.923. The molecule has 1 N–H and O–H groups in total. The number of aliphatic carboxylic acids is 1. The van der Waals surface area contributed by atoms with Crippen LogP contribution in [0.3, 0.4) is 0 Å². The highest BCUT2D eigenvalue weighted by molar-refractivity contribution is 5.85. The van der Waals surface area contributed by atoms with Gasteiger partial charge in [-0.3, -0.25) is 4.79 Å². The van der Waals surface area contributed by atoms with E-state index in [0.717, 1.165) is 12.8 Å². The van der Waals surface area contributed by atoms with Crippen molar-refractivity contribution in [3.8, 4) is 0 Å². The molecule has 98 valence electrons. The molecule has 16 heavy (non-hydrogen) atoms. The SMILES string of the molecule is CCCCCCCCC(CC)CC(=O)O.Cl. The molecule has 0 radical (unpaired) electrons. The molecule has 3 heteroatoms. The van der Waals surface area contributed by atoms with Crippen molar-refractivity contribution in [2.75, 3.05) is 0 Å². The van der Waals surface area contributed by atoms with Crippen molar-refractivity contribution >= 4 is 18.4 Å². The van der Waals surface area contributed by atoms with Crippen LogP contribution in [0.15, 0.2) is 0 Å². The van der Waals surface area contributed by atoms with Gasteiger partial charge in [0.25, 0.3) is 0 Å². The molecule has 0 bridgehead atoms. The van der Waals surface area contributed by atoms with Gasteiger partial charge in [-0.05, 0) is 12.3 Å². The number of unbranched alkanes of at least 4 members (excludes halogenated alkanes) is 5. The second-order valence-electron chi connectivity index (χ2n) is 4.43. The lowest BCUT2D eigenvalue weighted by Gasteiger charge is -2.11. The molecule has 0 aliphatic carbocycles. The van der Waals surface area contributed by atoms with Gasteiger partial charge in [-0.25, -0.2) is 0 Å². The summed E-state index contributed by atoms with van der Waals surface area (Å²) in [6.45, 7) is 4.31. The molecular formula is C13H27ClO2. The van der Waals surface area contributed by atoms with Crippen LogP contribution >= 0.6 is 12.4 Å². The molecular weight excluding hydrogens is 224 g/mol. The lowest BCUT2D eigenvalue weighted by molar-refractivity contribution is -0.138. The van der Waals surface area contributed by atoms with Crippen LogP contribution in [0, 0.1) is 5.92 Å². The number of hydrogen-bond acceptors (Lipinski definition) is 1. The molecule has 0 heterocycles. The predicted octanol–water partition coefficient (Wildman–Crippen LogP) is 4.66. The average Bonchev–Trinajstić information content (AvgIpc) is 2.20. The minimum absolute atomic E-state index is 0. The van der Waals surface area contributed by atoms with E-state index >= 15 is 0 Å². The van der Waals surface area contributed by atoms with E-state index in [1.54, 1.807) is 0 Å². The van der Waals surface area contributed by atoms with Crippen LogP contribution in [0.1, 0.15) is 71.6 Å². The second kappa shape index (κ2) is 12.8. The fourth-order valence-electron chi connectivity index (χ4n) is 1.91.